The number of nitrogens with one attached hydrogen (secondary N) is 1. The van der Waals surface area contributed by atoms with Crippen molar-refractivity contribution >= 4 is 23.2 Å². The summed E-state index contributed by atoms with van der Waals surface area (Å²) in [6.45, 7) is 5.67. The molecule has 0 radical (unpaired) electrons. The molecule has 0 aliphatic rings. The molecule has 0 saturated carbocycles. The monoisotopic (exact) mass is 334 g/mol. The zero-order chi connectivity index (χ0) is 17.0. The van der Waals surface area contributed by atoms with Gasteiger partial charge in [-0.15, -0.1) is 11.3 Å². The minimum Gasteiger partial charge on any atom is -0.494 e. The molecular formula is C16H18N2O4S. The van der Waals surface area contributed by atoms with Crippen molar-refractivity contribution in [2.75, 3.05) is 6.61 Å². The standard InChI is InChI=1S/C16H18N2O4S/c1-4-22-12-7-5-11(6-8-12)15-18-9(2)13(23-15)14(19)17-10(3)16(20)21/h5-8,10H,4H2,1-3H3,(H,17,19)(H,20,21)/t10-/m1/s1. The third-order valence-corrected chi connectivity index (χ3v) is 4.34. The molecule has 0 bridgehead atoms. The van der Waals surface area contributed by atoms with Gasteiger partial charge < -0.3 is 15.2 Å². The van der Waals surface area contributed by atoms with E-state index in [1.807, 2.05) is 31.2 Å². The molecule has 2 N–H and O–H groups in total. The number of rotatable bonds is 6. The number of carbonyl (C=O) groups is 2. The van der Waals surface area contributed by atoms with Gasteiger partial charge in [0, 0.05) is 5.56 Å². The molecule has 6 nitrogen and oxygen atoms in total. The van der Waals surface area contributed by atoms with E-state index in [0.717, 1.165) is 11.3 Å². The van der Waals surface area contributed by atoms with E-state index in [-0.39, 0.29) is 0 Å². The number of amides is 1. The highest BCUT2D eigenvalue weighted by Gasteiger charge is 2.20. The Labute approximate surface area is 138 Å². The first-order valence-corrected chi connectivity index (χ1v) is 7.98. The summed E-state index contributed by atoms with van der Waals surface area (Å²) in [5.74, 6) is -0.725. The lowest BCUT2D eigenvalue weighted by atomic mass is 10.2. The molecule has 0 fully saturated rings. The zero-order valence-electron chi connectivity index (χ0n) is 13.1. The number of thiazole rings is 1. The number of benzene rings is 1. The first-order chi connectivity index (χ1) is 10.9. The molecule has 2 aromatic rings. The van der Waals surface area contributed by atoms with Crippen molar-refractivity contribution in [2.24, 2.45) is 0 Å². The number of aromatic nitrogens is 1. The molecule has 0 aliphatic heterocycles. The van der Waals surface area contributed by atoms with Crippen molar-refractivity contribution in [1.29, 1.82) is 0 Å². The van der Waals surface area contributed by atoms with Gasteiger partial charge in [0.25, 0.3) is 5.91 Å². The number of carboxylic acids is 1. The van der Waals surface area contributed by atoms with Gasteiger partial charge >= 0.3 is 5.97 Å². The normalized spacial score (nSPS) is 11.8. The molecule has 0 saturated heterocycles. The fraction of sp³-hybridized carbons (Fsp3) is 0.312. The SMILES string of the molecule is CCOc1ccc(-c2nc(C)c(C(=O)N[C@H](C)C(=O)O)s2)cc1. The average Bonchev–Trinajstić information content (AvgIpc) is 2.90. The van der Waals surface area contributed by atoms with E-state index in [4.69, 9.17) is 9.84 Å². The first-order valence-electron chi connectivity index (χ1n) is 7.16. The van der Waals surface area contributed by atoms with Gasteiger partial charge in [-0.3, -0.25) is 9.59 Å². The maximum Gasteiger partial charge on any atom is 0.325 e. The van der Waals surface area contributed by atoms with E-state index in [9.17, 15) is 9.59 Å². The van der Waals surface area contributed by atoms with Crippen LogP contribution in [-0.4, -0.2) is 34.6 Å². The number of ether oxygens (including phenoxy) is 1. The Morgan fingerprint density at radius 1 is 1.35 bits per heavy atom. The summed E-state index contributed by atoms with van der Waals surface area (Å²) < 4.78 is 5.39. The summed E-state index contributed by atoms with van der Waals surface area (Å²) in [4.78, 5) is 27.8. The van der Waals surface area contributed by atoms with Crippen LogP contribution in [0.2, 0.25) is 0 Å². The van der Waals surface area contributed by atoms with Crippen LogP contribution in [-0.2, 0) is 4.79 Å². The van der Waals surface area contributed by atoms with Gasteiger partial charge in [0.1, 0.15) is 21.7 Å². The quantitative estimate of drug-likeness (QED) is 0.848. The fourth-order valence-corrected chi connectivity index (χ4v) is 2.89. The molecule has 23 heavy (non-hydrogen) atoms. The predicted octanol–water partition coefficient (Wildman–Crippen LogP) is 2.72. The molecule has 1 aromatic heterocycles. The Bertz CT molecular complexity index is 709. The maximum atomic E-state index is 12.1. The minimum atomic E-state index is -1.08. The van der Waals surface area contributed by atoms with Gasteiger partial charge in [-0.05, 0) is 45.0 Å². The summed E-state index contributed by atoms with van der Waals surface area (Å²) in [7, 11) is 0. The lowest BCUT2D eigenvalue weighted by molar-refractivity contribution is -0.138. The molecule has 0 spiro atoms. The summed E-state index contributed by atoms with van der Waals surface area (Å²) in [6.07, 6.45) is 0. The van der Waals surface area contributed by atoms with Crippen molar-refractivity contribution in [1.82, 2.24) is 10.3 Å². The number of aliphatic carboxylic acids is 1. The van der Waals surface area contributed by atoms with Crippen molar-refractivity contribution in [3.63, 3.8) is 0 Å². The molecule has 122 valence electrons. The van der Waals surface area contributed by atoms with Crippen LogP contribution < -0.4 is 10.1 Å². The molecule has 7 heteroatoms. The Morgan fingerprint density at radius 2 is 2.00 bits per heavy atom. The van der Waals surface area contributed by atoms with Crippen LogP contribution in [0.15, 0.2) is 24.3 Å². The van der Waals surface area contributed by atoms with Gasteiger partial charge in [0.2, 0.25) is 0 Å². The van der Waals surface area contributed by atoms with Crippen LogP contribution >= 0.6 is 11.3 Å². The number of hydrogen-bond acceptors (Lipinski definition) is 5. The summed E-state index contributed by atoms with van der Waals surface area (Å²) in [5, 5.41) is 12.0. The van der Waals surface area contributed by atoms with E-state index < -0.39 is 17.9 Å². The summed E-state index contributed by atoms with van der Waals surface area (Å²) in [5.41, 5.74) is 1.46. The predicted molar refractivity (Wildman–Crippen MR) is 88.0 cm³/mol. The Hall–Kier alpha value is -2.41. The second-order valence-electron chi connectivity index (χ2n) is 4.92. The molecule has 0 unspecified atom stereocenters. The number of nitrogens with zero attached hydrogens (tertiary/aromatic N) is 1. The van der Waals surface area contributed by atoms with Crippen LogP contribution in [0.5, 0.6) is 5.75 Å². The van der Waals surface area contributed by atoms with Gasteiger partial charge in [-0.2, -0.15) is 0 Å². The van der Waals surface area contributed by atoms with Crippen LogP contribution in [0.1, 0.15) is 29.2 Å². The van der Waals surface area contributed by atoms with E-state index in [1.54, 1.807) is 6.92 Å². The number of hydrogen-bond donors (Lipinski definition) is 2. The van der Waals surface area contributed by atoms with Crippen molar-refractivity contribution in [3.8, 4) is 16.3 Å². The molecule has 1 atom stereocenters. The van der Waals surface area contributed by atoms with Crippen LogP contribution in [0.4, 0.5) is 0 Å². The highest BCUT2D eigenvalue weighted by atomic mass is 32.1. The van der Waals surface area contributed by atoms with E-state index >= 15 is 0 Å². The van der Waals surface area contributed by atoms with Crippen LogP contribution in [0.3, 0.4) is 0 Å². The van der Waals surface area contributed by atoms with E-state index in [2.05, 4.69) is 10.3 Å². The fourth-order valence-electron chi connectivity index (χ4n) is 1.91. The number of carboxylic acid groups (broad SMARTS) is 1. The Kier molecular flexibility index (Phi) is 5.33. The maximum absolute atomic E-state index is 12.1. The van der Waals surface area contributed by atoms with E-state index in [0.29, 0.717) is 22.2 Å². The summed E-state index contributed by atoms with van der Waals surface area (Å²) in [6, 6.07) is 6.51. The van der Waals surface area contributed by atoms with Gasteiger partial charge in [0.05, 0.1) is 12.3 Å². The molecule has 2 rings (SSSR count). The molecule has 1 amide bonds. The molecule has 0 aliphatic carbocycles. The molecular weight excluding hydrogens is 316 g/mol. The average molecular weight is 334 g/mol. The van der Waals surface area contributed by atoms with E-state index in [1.165, 1.54) is 18.3 Å². The zero-order valence-corrected chi connectivity index (χ0v) is 13.9. The lowest BCUT2D eigenvalue weighted by Crippen LogP contribution is -2.38. The number of aryl methyl sites for hydroxylation is 1. The lowest BCUT2D eigenvalue weighted by Gasteiger charge is -2.07. The third kappa shape index (κ3) is 4.07. The third-order valence-electron chi connectivity index (χ3n) is 3.13. The summed E-state index contributed by atoms with van der Waals surface area (Å²) >= 11 is 1.24. The van der Waals surface area contributed by atoms with Gasteiger partial charge in [-0.25, -0.2) is 4.98 Å². The van der Waals surface area contributed by atoms with Crippen LogP contribution in [0, 0.1) is 6.92 Å². The highest BCUT2D eigenvalue weighted by molar-refractivity contribution is 7.17. The largest absolute Gasteiger partial charge is 0.494 e. The topological polar surface area (TPSA) is 88.5 Å². The first kappa shape index (κ1) is 17.0. The van der Waals surface area contributed by atoms with Gasteiger partial charge in [-0.1, -0.05) is 0 Å². The second-order valence-corrected chi connectivity index (χ2v) is 5.92. The highest BCUT2D eigenvalue weighted by Crippen LogP contribution is 2.29. The smallest absolute Gasteiger partial charge is 0.325 e. The molecule has 1 heterocycles. The van der Waals surface area contributed by atoms with Crippen molar-refractivity contribution < 1.29 is 19.4 Å². The minimum absolute atomic E-state index is 0.419. The number of carbonyl (C=O) groups excluding carboxylic acids is 1. The van der Waals surface area contributed by atoms with Crippen molar-refractivity contribution in [2.45, 2.75) is 26.8 Å². The van der Waals surface area contributed by atoms with Gasteiger partial charge in [0.15, 0.2) is 0 Å². The van der Waals surface area contributed by atoms with Crippen LogP contribution in [0.25, 0.3) is 10.6 Å². The molecule has 1 aromatic carbocycles. The van der Waals surface area contributed by atoms with Crippen molar-refractivity contribution in [3.05, 3.63) is 34.8 Å². The second kappa shape index (κ2) is 7.23. The Balaban J connectivity index is 2.20. The Morgan fingerprint density at radius 3 is 2.57 bits per heavy atom.